The van der Waals surface area contributed by atoms with Crippen LogP contribution in [0.1, 0.15) is 5.56 Å². The van der Waals surface area contributed by atoms with Gasteiger partial charge in [0.2, 0.25) is 0 Å². The monoisotopic (exact) mass is 301 g/mol. The maximum absolute atomic E-state index is 5.89. The van der Waals surface area contributed by atoms with Gasteiger partial charge in [-0.2, -0.15) is 0 Å². The Hall–Kier alpha value is -1.03. The number of hydrogen-bond acceptors (Lipinski definition) is 3. The lowest BCUT2D eigenvalue weighted by Gasteiger charge is -2.07. The van der Waals surface area contributed by atoms with Gasteiger partial charge < -0.3 is 5.32 Å². The number of benzene rings is 1. The molecule has 3 nitrogen and oxygen atoms in total. The van der Waals surface area contributed by atoms with Crippen LogP contribution in [0.3, 0.4) is 0 Å². The maximum atomic E-state index is 5.89. The van der Waals surface area contributed by atoms with Crippen LogP contribution in [0, 0.1) is 0 Å². The molecule has 0 saturated carbocycles. The Morgan fingerprint density at radius 2 is 1.72 bits per heavy atom. The van der Waals surface area contributed by atoms with Gasteiger partial charge in [-0.3, -0.25) is 0 Å². The summed E-state index contributed by atoms with van der Waals surface area (Å²) in [4.78, 5) is 0. The minimum atomic E-state index is 0.313. The van der Waals surface area contributed by atoms with Crippen molar-refractivity contribution in [2.45, 2.75) is 6.42 Å². The average Bonchev–Trinajstić information content (AvgIpc) is 2.36. The maximum Gasteiger partial charge on any atom is 0.174 e. The molecule has 0 aliphatic carbocycles. The zero-order chi connectivity index (χ0) is 13.0. The van der Waals surface area contributed by atoms with Gasteiger partial charge in [-0.1, -0.05) is 46.9 Å². The highest BCUT2D eigenvalue weighted by Gasteiger charge is 2.03. The van der Waals surface area contributed by atoms with Crippen molar-refractivity contribution in [2.24, 2.45) is 0 Å². The molecular weight excluding hydrogens is 293 g/mol. The predicted molar refractivity (Wildman–Crippen MR) is 75.7 cm³/mol. The second-order valence-electron chi connectivity index (χ2n) is 3.67. The molecule has 1 heterocycles. The summed E-state index contributed by atoms with van der Waals surface area (Å²) in [5.41, 5.74) is 1.88. The van der Waals surface area contributed by atoms with E-state index in [2.05, 4.69) is 15.5 Å². The Balaban J connectivity index is 1.92. The summed E-state index contributed by atoms with van der Waals surface area (Å²) in [6, 6.07) is 9.37. The van der Waals surface area contributed by atoms with Gasteiger partial charge in [-0.05, 0) is 24.1 Å². The summed E-state index contributed by atoms with van der Waals surface area (Å²) in [5.74, 6) is 0. The van der Waals surface area contributed by atoms with Gasteiger partial charge in [0.05, 0.1) is 5.69 Å². The zero-order valence-electron chi connectivity index (χ0n) is 9.33. The van der Waals surface area contributed by atoms with Crippen molar-refractivity contribution < 1.29 is 0 Å². The number of nitrogens with zero attached hydrogens (tertiary/aromatic N) is 2. The van der Waals surface area contributed by atoms with Crippen LogP contribution in [-0.4, -0.2) is 16.7 Å². The average molecular weight is 303 g/mol. The molecule has 2 aromatic rings. The largest absolute Gasteiger partial charge is 0.382 e. The Labute approximate surface area is 120 Å². The van der Waals surface area contributed by atoms with Crippen LogP contribution >= 0.6 is 34.8 Å². The van der Waals surface area contributed by atoms with Crippen molar-refractivity contribution in [3.05, 3.63) is 51.2 Å². The van der Waals surface area contributed by atoms with Gasteiger partial charge in [-0.25, -0.2) is 0 Å². The smallest absolute Gasteiger partial charge is 0.174 e. The lowest BCUT2D eigenvalue weighted by molar-refractivity contribution is 0.992. The van der Waals surface area contributed by atoms with Gasteiger partial charge >= 0.3 is 0 Å². The molecule has 1 aromatic heterocycles. The van der Waals surface area contributed by atoms with Gasteiger partial charge in [0.15, 0.2) is 10.3 Å². The van der Waals surface area contributed by atoms with Crippen molar-refractivity contribution >= 4 is 40.5 Å². The first kappa shape index (κ1) is 13.4. The second kappa shape index (κ2) is 6.23. The molecule has 18 heavy (non-hydrogen) atoms. The first-order valence-electron chi connectivity index (χ1n) is 5.32. The van der Waals surface area contributed by atoms with E-state index >= 15 is 0 Å². The van der Waals surface area contributed by atoms with Gasteiger partial charge in [-0.15, -0.1) is 10.2 Å². The number of anilines is 1. The SMILES string of the molecule is Clc1ccc(CCNc2cc(Cl)nnc2Cl)cc1. The van der Waals surface area contributed by atoms with E-state index in [1.165, 1.54) is 5.56 Å². The summed E-state index contributed by atoms with van der Waals surface area (Å²) in [5, 5.41) is 11.9. The normalized spacial score (nSPS) is 10.4. The Kier molecular flexibility index (Phi) is 4.64. The Bertz CT molecular complexity index is 529. The summed E-state index contributed by atoms with van der Waals surface area (Å²) in [6.45, 7) is 0.726. The lowest BCUT2D eigenvalue weighted by Crippen LogP contribution is -2.06. The summed E-state index contributed by atoms with van der Waals surface area (Å²) in [7, 11) is 0. The van der Waals surface area contributed by atoms with Crippen molar-refractivity contribution in [3.63, 3.8) is 0 Å². The fourth-order valence-corrected chi connectivity index (χ4v) is 1.90. The number of hydrogen-bond donors (Lipinski definition) is 1. The van der Waals surface area contributed by atoms with E-state index in [9.17, 15) is 0 Å². The molecule has 94 valence electrons. The van der Waals surface area contributed by atoms with Crippen molar-refractivity contribution in [1.29, 1.82) is 0 Å². The highest BCUT2D eigenvalue weighted by atomic mass is 35.5. The minimum absolute atomic E-state index is 0.313. The van der Waals surface area contributed by atoms with Crippen LogP contribution in [-0.2, 0) is 6.42 Å². The third-order valence-corrected chi connectivity index (χ3v) is 3.08. The van der Waals surface area contributed by atoms with Crippen molar-refractivity contribution in [1.82, 2.24) is 10.2 Å². The van der Waals surface area contributed by atoms with Crippen LogP contribution in [0.5, 0.6) is 0 Å². The molecule has 0 fully saturated rings. The van der Waals surface area contributed by atoms with E-state index in [-0.39, 0.29) is 0 Å². The molecule has 0 spiro atoms. The summed E-state index contributed by atoms with van der Waals surface area (Å²) < 4.78 is 0. The minimum Gasteiger partial charge on any atom is -0.382 e. The van der Waals surface area contributed by atoms with Crippen LogP contribution in [0.2, 0.25) is 15.3 Å². The van der Waals surface area contributed by atoms with E-state index < -0.39 is 0 Å². The van der Waals surface area contributed by atoms with E-state index in [0.717, 1.165) is 18.0 Å². The predicted octanol–water partition coefficient (Wildman–Crippen LogP) is 4.09. The highest BCUT2D eigenvalue weighted by molar-refractivity contribution is 6.33. The van der Waals surface area contributed by atoms with Crippen LogP contribution in [0.25, 0.3) is 0 Å². The molecule has 1 N–H and O–H groups in total. The summed E-state index contributed by atoms with van der Waals surface area (Å²) >= 11 is 17.4. The van der Waals surface area contributed by atoms with Crippen LogP contribution < -0.4 is 5.32 Å². The first-order valence-corrected chi connectivity index (χ1v) is 6.45. The number of aromatic nitrogens is 2. The molecule has 0 atom stereocenters. The van der Waals surface area contributed by atoms with E-state index in [4.69, 9.17) is 34.8 Å². The molecular formula is C12H10Cl3N3. The molecule has 2 rings (SSSR count). The van der Waals surface area contributed by atoms with Gasteiger partial charge in [0.1, 0.15) is 0 Å². The number of rotatable bonds is 4. The van der Waals surface area contributed by atoms with Gasteiger partial charge in [0, 0.05) is 17.6 Å². The number of halogens is 3. The van der Waals surface area contributed by atoms with E-state index in [1.807, 2.05) is 24.3 Å². The molecule has 0 radical (unpaired) electrons. The molecule has 0 saturated heterocycles. The second-order valence-corrected chi connectivity index (χ2v) is 4.86. The molecule has 0 unspecified atom stereocenters. The van der Waals surface area contributed by atoms with Crippen LogP contribution in [0.15, 0.2) is 30.3 Å². The fourth-order valence-electron chi connectivity index (χ4n) is 1.47. The summed E-state index contributed by atoms with van der Waals surface area (Å²) in [6.07, 6.45) is 0.855. The molecule has 0 bridgehead atoms. The quantitative estimate of drug-likeness (QED) is 0.924. The molecule has 6 heteroatoms. The van der Waals surface area contributed by atoms with Crippen molar-refractivity contribution in [2.75, 3.05) is 11.9 Å². The third-order valence-electron chi connectivity index (χ3n) is 2.36. The Morgan fingerprint density at radius 1 is 1.00 bits per heavy atom. The standard InChI is InChI=1S/C12H10Cl3N3/c13-9-3-1-8(2-4-9)5-6-16-10-7-11(14)17-18-12(10)15/h1-4,7H,5-6H2,(H,16,17). The van der Waals surface area contributed by atoms with E-state index in [1.54, 1.807) is 6.07 Å². The number of nitrogens with one attached hydrogen (secondary N) is 1. The van der Waals surface area contributed by atoms with E-state index in [0.29, 0.717) is 16.0 Å². The topological polar surface area (TPSA) is 37.8 Å². The third kappa shape index (κ3) is 3.73. The highest BCUT2D eigenvalue weighted by Crippen LogP contribution is 2.20. The zero-order valence-corrected chi connectivity index (χ0v) is 11.6. The van der Waals surface area contributed by atoms with Crippen LogP contribution in [0.4, 0.5) is 5.69 Å². The van der Waals surface area contributed by atoms with Gasteiger partial charge in [0.25, 0.3) is 0 Å². The lowest BCUT2D eigenvalue weighted by atomic mass is 10.1. The first-order chi connectivity index (χ1) is 8.65. The Morgan fingerprint density at radius 3 is 2.44 bits per heavy atom. The molecule has 0 aliphatic heterocycles. The molecule has 0 aliphatic rings. The molecule has 1 aromatic carbocycles. The fraction of sp³-hybridized carbons (Fsp3) is 0.167. The molecule has 0 amide bonds. The van der Waals surface area contributed by atoms with Crippen molar-refractivity contribution in [3.8, 4) is 0 Å².